The van der Waals surface area contributed by atoms with Gasteiger partial charge in [0.15, 0.2) is 11.6 Å². The average molecular weight is 546 g/mol. The standard InChI is InChI=1S/C29H24BrNO5/c1-2-35-28(34)29(19-30)24(26(33)22-16-10-5-11-17-22)23(25(32)21-14-8-4-9-15-21)27(36-29)31-18-20-12-6-3-7-13-20/h3-17H,2,18-19H2,1H3. The molecule has 0 N–H and O–H groups in total. The number of ketones is 2. The van der Waals surface area contributed by atoms with Crippen LogP contribution < -0.4 is 0 Å². The zero-order valence-corrected chi connectivity index (χ0v) is 21.2. The monoisotopic (exact) mass is 545 g/mol. The van der Waals surface area contributed by atoms with E-state index in [-0.39, 0.29) is 35.5 Å². The summed E-state index contributed by atoms with van der Waals surface area (Å²) in [5, 5.41) is -0.108. The smallest absolute Gasteiger partial charge is 0.356 e. The molecule has 0 saturated carbocycles. The highest BCUT2D eigenvalue weighted by Crippen LogP contribution is 2.40. The first-order chi connectivity index (χ1) is 17.5. The highest BCUT2D eigenvalue weighted by Gasteiger charge is 2.57. The molecule has 6 nitrogen and oxygen atoms in total. The summed E-state index contributed by atoms with van der Waals surface area (Å²) < 4.78 is 11.5. The maximum atomic E-state index is 13.9. The molecule has 1 aliphatic heterocycles. The van der Waals surface area contributed by atoms with Crippen LogP contribution in [-0.4, -0.2) is 41.0 Å². The van der Waals surface area contributed by atoms with Crippen LogP contribution in [0.3, 0.4) is 0 Å². The lowest BCUT2D eigenvalue weighted by molar-refractivity contribution is -0.156. The molecule has 0 aromatic heterocycles. The molecule has 7 heteroatoms. The number of hydrogen-bond donors (Lipinski definition) is 0. The third kappa shape index (κ3) is 4.93. The SMILES string of the molecule is CCOC(=O)C1(CBr)OC(=NCc2ccccc2)C(C(=O)c2ccccc2)=C1C(=O)c1ccccc1. The number of ether oxygens (including phenoxy) is 2. The summed E-state index contributed by atoms with van der Waals surface area (Å²) in [6.45, 7) is 1.93. The van der Waals surface area contributed by atoms with Gasteiger partial charge in [0.1, 0.15) is 0 Å². The van der Waals surface area contributed by atoms with Crippen molar-refractivity contribution in [1.82, 2.24) is 0 Å². The number of esters is 1. The van der Waals surface area contributed by atoms with Gasteiger partial charge in [0.2, 0.25) is 11.5 Å². The quantitative estimate of drug-likeness (QED) is 0.205. The maximum absolute atomic E-state index is 13.9. The van der Waals surface area contributed by atoms with Crippen LogP contribution in [0.4, 0.5) is 0 Å². The van der Waals surface area contributed by atoms with Crippen molar-refractivity contribution in [2.24, 2.45) is 4.99 Å². The minimum absolute atomic E-state index is 0.0431. The van der Waals surface area contributed by atoms with Crippen molar-refractivity contribution < 1.29 is 23.9 Å². The molecule has 36 heavy (non-hydrogen) atoms. The minimum Gasteiger partial charge on any atom is -0.463 e. The molecule has 1 aliphatic rings. The van der Waals surface area contributed by atoms with Gasteiger partial charge in [-0.15, -0.1) is 0 Å². The van der Waals surface area contributed by atoms with E-state index in [0.717, 1.165) is 5.56 Å². The van der Waals surface area contributed by atoms with E-state index in [1.807, 2.05) is 30.3 Å². The molecule has 182 valence electrons. The van der Waals surface area contributed by atoms with Crippen molar-refractivity contribution in [3.8, 4) is 0 Å². The Bertz CT molecular complexity index is 1320. The zero-order chi connectivity index (χ0) is 25.5. The number of aliphatic imine (C=N–C) groups is 1. The molecule has 0 fully saturated rings. The fraction of sp³-hybridized carbons (Fsp3) is 0.172. The molecule has 0 radical (unpaired) electrons. The predicted octanol–water partition coefficient (Wildman–Crippen LogP) is 5.37. The van der Waals surface area contributed by atoms with E-state index in [9.17, 15) is 14.4 Å². The molecule has 0 spiro atoms. The number of Topliss-reactive ketones (excluding diaryl/α,β-unsaturated/α-hetero) is 2. The van der Waals surface area contributed by atoms with E-state index < -0.39 is 23.1 Å². The number of rotatable bonds is 9. The highest BCUT2D eigenvalue weighted by molar-refractivity contribution is 9.09. The molecule has 4 rings (SSSR count). The van der Waals surface area contributed by atoms with Gasteiger partial charge >= 0.3 is 5.97 Å². The Balaban J connectivity index is 1.96. The van der Waals surface area contributed by atoms with Crippen molar-refractivity contribution in [3.05, 3.63) is 119 Å². The van der Waals surface area contributed by atoms with Gasteiger partial charge in [-0.05, 0) is 12.5 Å². The second-order valence-corrected chi connectivity index (χ2v) is 8.59. The summed E-state index contributed by atoms with van der Waals surface area (Å²) in [6.07, 6.45) is 0. The van der Waals surface area contributed by atoms with E-state index in [2.05, 4.69) is 20.9 Å². The van der Waals surface area contributed by atoms with Crippen LogP contribution in [0.5, 0.6) is 0 Å². The van der Waals surface area contributed by atoms with E-state index in [0.29, 0.717) is 11.1 Å². The Morgan fingerprint density at radius 1 is 0.833 bits per heavy atom. The first kappa shape index (κ1) is 25.3. The third-order valence-corrected chi connectivity index (χ3v) is 6.50. The molecular formula is C29H24BrNO5. The second kappa shape index (κ2) is 11.3. The summed E-state index contributed by atoms with van der Waals surface area (Å²) in [7, 11) is 0. The van der Waals surface area contributed by atoms with Crippen LogP contribution >= 0.6 is 15.9 Å². The molecule has 0 saturated heterocycles. The van der Waals surface area contributed by atoms with Gasteiger partial charge in [0.25, 0.3) is 0 Å². The van der Waals surface area contributed by atoms with Crippen molar-refractivity contribution in [1.29, 1.82) is 0 Å². The Morgan fingerprint density at radius 3 is 1.89 bits per heavy atom. The lowest BCUT2D eigenvalue weighted by Gasteiger charge is -2.26. The highest BCUT2D eigenvalue weighted by atomic mass is 79.9. The van der Waals surface area contributed by atoms with E-state index >= 15 is 0 Å². The van der Waals surface area contributed by atoms with Gasteiger partial charge in [-0.25, -0.2) is 9.79 Å². The van der Waals surface area contributed by atoms with Crippen molar-refractivity contribution >= 4 is 39.4 Å². The van der Waals surface area contributed by atoms with Crippen LogP contribution in [-0.2, 0) is 20.8 Å². The van der Waals surface area contributed by atoms with E-state index in [4.69, 9.17) is 9.47 Å². The fourth-order valence-corrected chi connectivity index (χ4v) is 4.57. The van der Waals surface area contributed by atoms with E-state index in [1.165, 1.54) is 0 Å². The molecule has 1 unspecified atom stereocenters. The Morgan fingerprint density at radius 2 is 1.36 bits per heavy atom. The summed E-state index contributed by atoms with van der Waals surface area (Å²) in [4.78, 5) is 45.7. The minimum atomic E-state index is -1.88. The van der Waals surface area contributed by atoms with Crippen LogP contribution in [0.15, 0.2) is 107 Å². The number of alkyl halides is 1. The first-order valence-corrected chi connectivity index (χ1v) is 12.6. The first-order valence-electron chi connectivity index (χ1n) is 11.5. The summed E-state index contributed by atoms with van der Waals surface area (Å²) in [6, 6.07) is 26.4. The Labute approximate surface area is 217 Å². The Kier molecular flexibility index (Phi) is 7.90. The maximum Gasteiger partial charge on any atom is 0.356 e. The summed E-state index contributed by atoms with van der Waals surface area (Å²) in [5.41, 5.74) is -0.477. The topological polar surface area (TPSA) is 82.0 Å². The number of halogens is 1. The van der Waals surface area contributed by atoms with Crippen molar-refractivity contribution in [3.63, 3.8) is 0 Å². The zero-order valence-electron chi connectivity index (χ0n) is 19.6. The average Bonchev–Trinajstić information content (AvgIpc) is 3.28. The van der Waals surface area contributed by atoms with Crippen LogP contribution in [0.25, 0.3) is 0 Å². The third-order valence-electron chi connectivity index (χ3n) is 5.71. The van der Waals surface area contributed by atoms with Gasteiger partial charge in [-0.1, -0.05) is 107 Å². The predicted molar refractivity (Wildman–Crippen MR) is 140 cm³/mol. The van der Waals surface area contributed by atoms with E-state index in [1.54, 1.807) is 67.6 Å². The van der Waals surface area contributed by atoms with Gasteiger partial charge in [0.05, 0.1) is 29.6 Å². The molecular weight excluding hydrogens is 522 g/mol. The number of carbonyl (C=O) groups excluding carboxylic acids is 3. The molecule has 0 aliphatic carbocycles. The summed E-state index contributed by atoms with van der Waals surface area (Å²) in [5.74, 6) is -1.81. The number of carbonyl (C=O) groups is 3. The molecule has 3 aromatic carbocycles. The number of hydrogen-bond acceptors (Lipinski definition) is 6. The molecule has 3 aromatic rings. The van der Waals surface area contributed by atoms with Crippen LogP contribution in [0, 0.1) is 0 Å². The van der Waals surface area contributed by atoms with Gasteiger partial charge in [0, 0.05) is 11.1 Å². The van der Waals surface area contributed by atoms with Gasteiger partial charge in [-0.3, -0.25) is 9.59 Å². The lowest BCUT2D eigenvalue weighted by Crippen LogP contribution is -2.46. The fourth-order valence-electron chi connectivity index (χ4n) is 3.95. The Hall–Kier alpha value is -3.84. The van der Waals surface area contributed by atoms with Crippen LogP contribution in [0.1, 0.15) is 33.2 Å². The van der Waals surface area contributed by atoms with Crippen molar-refractivity contribution in [2.45, 2.75) is 19.1 Å². The normalized spacial score (nSPS) is 18.1. The molecule has 0 amide bonds. The largest absolute Gasteiger partial charge is 0.463 e. The van der Waals surface area contributed by atoms with Crippen molar-refractivity contribution in [2.75, 3.05) is 11.9 Å². The second-order valence-electron chi connectivity index (χ2n) is 8.03. The number of benzene rings is 3. The summed E-state index contributed by atoms with van der Waals surface area (Å²) >= 11 is 3.36. The van der Waals surface area contributed by atoms with Gasteiger partial charge < -0.3 is 9.47 Å². The number of nitrogens with zero attached hydrogens (tertiary/aromatic N) is 1. The lowest BCUT2D eigenvalue weighted by atomic mass is 9.85. The van der Waals surface area contributed by atoms with Crippen LogP contribution in [0.2, 0.25) is 0 Å². The molecule has 1 atom stereocenters. The molecule has 1 heterocycles. The molecule has 0 bridgehead atoms. The van der Waals surface area contributed by atoms with Gasteiger partial charge in [-0.2, -0.15) is 0 Å².